The van der Waals surface area contributed by atoms with Crippen molar-refractivity contribution >= 4 is 11.9 Å². The molecule has 0 saturated heterocycles. The summed E-state index contributed by atoms with van der Waals surface area (Å²) in [7, 11) is 4.00. The molecule has 0 fully saturated rings. The first-order chi connectivity index (χ1) is 10.1. The summed E-state index contributed by atoms with van der Waals surface area (Å²) in [5, 5.41) is 0. The first-order valence-electron chi connectivity index (χ1n) is 6.05. The van der Waals surface area contributed by atoms with E-state index in [9.17, 15) is 9.59 Å². The molecule has 6 nitrogen and oxygen atoms in total. The molecule has 2 rings (SSSR count). The zero-order valence-electron chi connectivity index (χ0n) is 11.8. The Morgan fingerprint density at radius 1 is 0.952 bits per heavy atom. The summed E-state index contributed by atoms with van der Waals surface area (Å²) in [6, 6.07) is 8.43. The molecule has 0 atom stereocenters. The van der Waals surface area contributed by atoms with E-state index in [1.807, 2.05) is 0 Å². The van der Waals surface area contributed by atoms with Crippen molar-refractivity contribution in [3.8, 4) is 17.1 Å². The van der Waals surface area contributed by atoms with Gasteiger partial charge in [0.2, 0.25) is 5.76 Å². The fourth-order valence-electron chi connectivity index (χ4n) is 1.79. The van der Waals surface area contributed by atoms with E-state index >= 15 is 0 Å². The normalized spacial score (nSPS) is 10.0. The van der Waals surface area contributed by atoms with Crippen molar-refractivity contribution in [2.75, 3.05) is 21.3 Å². The lowest BCUT2D eigenvalue weighted by molar-refractivity contribution is 0.0529. The van der Waals surface area contributed by atoms with Gasteiger partial charge in [-0.2, -0.15) is 0 Å². The fraction of sp³-hybridized carbons (Fsp3) is 0.200. The Hall–Kier alpha value is -2.76. The van der Waals surface area contributed by atoms with E-state index in [1.54, 1.807) is 31.4 Å². The van der Waals surface area contributed by atoms with Crippen molar-refractivity contribution < 1.29 is 28.2 Å². The zero-order valence-corrected chi connectivity index (χ0v) is 11.8. The van der Waals surface area contributed by atoms with E-state index in [0.717, 1.165) is 0 Å². The summed E-state index contributed by atoms with van der Waals surface area (Å²) >= 11 is 0. The van der Waals surface area contributed by atoms with Gasteiger partial charge >= 0.3 is 11.9 Å². The summed E-state index contributed by atoms with van der Waals surface area (Å²) in [5.74, 6) is -0.547. The van der Waals surface area contributed by atoms with Gasteiger partial charge in [-0.05, 0) is 30.3 Å². The minimum Gasteiger partial charge on any atom is -0.497 e. The molecule has 1 heterocycles. The molecule has 1 aromatic heterocycles. The van der Waals surface area contributed by atoms with Crippen LogP contribution in [0, 0.1) is 0 Å². The molecular formula is C15H14O6. The molecule has 0 bridgehead atoms. The number of furan rings is 1. The van der Waals surface area contributed by atoms with E-state index in [0.29, 0.717) is 17.1 Å². The third-order valence-electron chi connectivity index (χ3n) is 2.88. The topological polar surface area (TPSA) is 75.0 Å². The molecule has 6 heteroatoms. The predicted octanol–water partition coefficient (Wildman–Crippen LogP) is 2.53. The standard InChI is InChI=1S/C15H14O6/c1-18-10-6-4-9(5-7-10)12-8-11(14(16)19-2)13(21-12)15(17)20-3/h4-8H,1-3H3. The van der Waals surface area contributed by atoms with Crippen LogP contribution in [-0.2, 0) is 9.47 Å². The maximum Gasteiger partial charge on any atom is 0.374 e. The molecule has 0 unspecified atom stereocenters. The highest BCUT2D eigenvalue weighted by Crippen LogP contribution is 2.28. The van der Waals surface area contributed by atoms with E-state index in [1.165, 1.54) is 20.3 Å². The SMILES string of the molecule is COC(=O)c1cc(-c2ccc(OC)cc2)oc1C(=O)OC. The van der Waals surface area contributed by atoms with E-state index in [2.05, 4.69) is 9.47 Å². The Bertz CT molecular complexity index is 620. The number of ether oxygens (including phenoxy) is 3. The predicted molar refractivity (Wildman–Crippen MR) is 73.4 cm³/mol. The van der Waals surface area contributed by atoms with Crippen LogP contribution < -0.4 is 4.74 Å². The molecular weight excluding hydrogens is 276 g/mol. The van der Waals surface area contributed by atoms with Crippen molar-refractivity contribution in [2.24, 2.45) is 0 Å². The third kappa shape index (κ3) is 2.89. The van der Waals surface area contributed by atoms with Crippen LogP contribution in [0.25, 0.3) is 11.3 Å². The van der Waals surface area contributed by atoms with Crippen molar-refractivity contribution in [3.63, 3.8) is 0 Å². The van der Waals surface area contributed by atoms with Crippen LogP contribution in [0.15, 0.2) is 34.7 Å². The lowest BCUT2D eigenvalue weighted by Crippen LogP contribution is -2.08. The van der Waals surface area contributed by atoms with Crippen LogP contribution in [0.3, 0.4) is 0 Å². The summed E-state index contributed by atoms with van der Waals surface area (Å²) < 4.78 is 19.7. The van der Waals surface area contributed by atoms with Gasteiger partial charge in [0, 0.05) is 5.56 Å². The molecule has 0 spiro atoms. The molecule has 0 aliphatic carbocycles. The first-order valence-corrected chi connectivity index (χ1v) is 6.05. The molecule has 0 saturated carbocycles. The van der Waals surface area contributed by atoms with Gasteiger partial charge in [-0.15, -0.1) is 0 Å². The van der Waals surface area contributed by atoms with Crippen molar-refractivity contribution in [2.45, 2.75) is 0 Å². The first kappa shape index (κ1) is 14.6. The molecule has 21 heavy (non-hydrogen) atoms. The molecule has 0 aliphatic rings. The molecule has 1 aromatic carbocycles. The van der Waals surface area contributed by atoms with Crippen molar-refractivity contribution in [1.82, 2.24) is 0 Å². The summed E-state index contributed by atoms with van der Waals surface area (Å²) in [6.07, 6.45) is 0. The Kier molecular flexibility index (Phi) is 4.27. The highest BCUT2D eigenvalue weighted by molar-refractivity contribution is 6.02. The van der Waals surface area contributed by atoms with Crippen molar-refractivity contribution in [3.05, 3.63) is 41.7 Å². The van der Waals surface area contributed by atoms with Crippen LogP contribution >= 0.6 is 0 Å². The molecule has 110 valence electrons. The van der Waals surface area contributed by atoms with Gasteiger partial charge < -0.3 is 18.6 Å². The van der Waals surface area contributed by atoms with Crippen molar-refractivity contribution in [1.29, 1.82) is 0 Å². The summed E-state index contributed by atoms with van der Waals surface area (Å²) in [4.78, 5) is 23.3. The second kappa shape index (κ2) is 6.13. The quantitative estimate of drug-likeness (QED) is 0.805. The number of rotatable bonds is 4. The number of hydrogen-bond acceptors (Lipinski definition) is 6. The summed E-state index contributed by atoms with van der Waals surface area (Å²) in [5.41, 5.74) is 0.714. The fourth-order valence-corrected chi connectivity index (χ4v) is 1.79. The molecule has 0 N–H and O–H groups in total. The van der Waals surface area contributed by atoms with Crippen LogP contribution in [0.5, 0.6) is 5.75 Å². The Balaban J connectivity index is 2.46. The molecule has 2 aromatic rings. The Labute approximate surface area is 121 Å². The lowest BCUT2D eigenvalue weighted by Gasteiger charge is -2.00. The average molecular weight is 290 g/mol. The van der Waals surface area contributed by atoms with Gasteiger partial charge in [-0.3, -0.25) is 0 Å². The second-order valence-corrected chi connectivity index (χ2v) is 4.07. The monoisotopic (exact) mass is 290 g/mol. The van der Waals surface area contributed by atoms with Gasteiger partial charge in [-0.1, -0.05) is 0 Å². The maximum atomic E-state index is 11.7. The maximum absolute atomic E-state index is 11.7. The van der Waals surface area contributed by atoms with Crippen LogP contribution in [0.1, 0.15) is 20.9 Å². The molecule has 0 amide bonds. The van der Waals surface area contributed by atoms with Gasteiger partial charge in [0.25, 0.3) is 0 Å². The Morgan fingerprint density at radius 3 is 2.10 bits per heavy atom. The second-order valence-electron chi connectivity index (χ2n) is 4.07. The molecule has 0 aliphatic heterocycles. The van der Waals surface area contributed by atoms with Gasteiger partial charge in [0.05, 0.1) is 21.3 Å². The highest BCUT2D eigenvalue weighted by atomic mass is 16.5. The largest absolute Gasteiger partial charge is 0.497 e. The number of methoxy groups -OCH3 is 3. The van der Waals surface area contributed by atoms with E-state index in [4.69, 9.17) is 9.15 Å². The smallest absolute Gasteiger partial charge is 0.374 e. The van der Waals surface area contributed by atoms with Gasteiger partial charge in [-0.25, -0.2) is 9.59 Å². The third-order valence-corrected chi connectivity index (χ3v) is 2.88. The van der Waals surface area contributed by atoms with E-state index < -0.39 is 11.9 Å². The summed E-state index contributed by atoms with van der Waals surface area (Å²) in [6.45, 7) is 0. The van der Waals surface area contributed by atoms with Gasteiger partial charge in [0.15, 0.2) is 0 Å². The molecule has 0 radical (unpaired) electrons. The number of benzene rings is 1. The lowest BCUT2D eigenvalue weighted by atomic mass is 10.1. The minimum atomic E-state index is -0.741. The van der Waals surface area contributed by atoms with Crippen LogP contribution in [-0.4, -0.2) is 33.3 Å². The zero-order chi connectivity index (χ0) is 15.4. The number of hydrogen-bond donors (Lipinski definition) is 0. The van der Waals surface area contributed by atoms with Crippen LogP contribution in [0.4, 0.5) is 0 Å². The number of carbonyl (C=O) groups excluding carboxylic acids is 2. The van der Waals surface area contributed by atoms with E-state index in [-0.39, 0.29) is 11.3 Å². The van der Waals surface area contributed by atoms with Gasteiger partial charge in [0.1, 0.15) is 17.1 Å². The number of carbonyl (C=O) groups is 2. The number of esters is 2. The van der Waals surface area contributed by atoms with Crippen LogP contribution in [0.2, 0.25) is 0 Å². The highest BCUT2D eigenvalue weighted by Gasteiger charge is 2.25. The minimum absolute atomic E-state index is 0.0233. The Morgan fingerprint density at radius 2 is 1.57 bits per heavy atom. The average Bonchev–Trinajstić information content (AvgIpc) is 2.98.